The molecule has 204 valence electrons. The number of unbranched alkanes of at least 4 members (excludes halogenated alkanes) is 2. The summed E-state index contributed by atoms with van der Waals surface area (Å²) >= 11 is 0. The van der Waals surface area contributed by atoms with E-state index in [0.717, 1.165) is 36.1 Å². The second kappa shape index (κ2) is 16.2. The van der Waals surface area contributed by atoms with Crippen molar-refractivity contribution in [2.75, 3.05) is 20.3 Å². The first-order chi connectivity index (χ1) is 18.0. The third-order valence-corrected chi connectivity index (χ3v) is 5.91. The molecule has 0 aliphatic carbocycles. The van der Waals surface area contributed by atoms with Crippen LogP contribution in [0.5, 0.6) is 17.2 Å². The van der Waals surface area contributed by atoms with Gasteiger partial charge in [-0.15, -0.1) is 12.4 Å². The lowest BCUT2D eigenvalue weighted by Gasteiger charge is -2.27. The van der Waals surface area contributed by atoms with Crippen molar-refractivity contribution in [3.05, 3.63) is 89.5 Å². The van der Waals surface area contributed by atoms with Crippen molar-refractivity contribution in [1.29, 1.82) is 0 Å². The summed E-state index contributed by atoms with van der Waals surface area (Å²) in [5, 5.41) is 3.51. The molecule has 0 heterocycles. The minimum absolute atomic E-state index is 0. The highest BCUT2D eigenvalue weighted by Gasteiger charge is 2.20. The Morgan fingerprint density at radius 2 is 1.61 bits per heavy atom. The number of amides is 1. The molecule has 0 aliphatic rings. The lowest BCUT2D eigenvalue weighted by Crippen LogP contribution is -2.36. The predicted octanol–water partition coefficient (Wildman–Crippen LogP) is 6.09. The Morgan fingerprint density at radius 3 is 2.24 bits per heavy atom. The van der Waals surface area contributed by atoms with E-state index in [2.05, 4.69) is 5.10 Å². The van der Waals surface area contributed by atoms with Crippen molar-refractivity contribution in [2.45, 2.75) is 45.7 Å². The third-order valence-electron chi connectivity index (χ3n) is 5.91. The number of nitrogens with zero attached hydrogens (tertiary/aromatic N) is 2. The number of hydrogen-bond acceptors (Lipinski definition) is 6. The maximum Gasteiger partial charge on any atom is 0.254 e. The van der Waals surface area contributed by atoms with E-state index in [1.165, 1.54) is 0 Å². The van der Waals surface area contributed by atoms with Crippen LogP contribution in [0, 0.1) is 0 Å². The van der Waals surface area contributed by atoms with E-state index in [-0.39, 0.29) is 24.4 Å². The van der Waals surface area contributed by atoms with Crippen LogP contribution < -0.4 is 20.1 Å². The average molecular weight is 540 g/mol. The van der Waals surface area contributed by atoms with Gasteiger partial charge in [0, 0.05) is 18.2 Å². The van der Waals surface area contributed by atoms with Crippen LogP contribution in [0.2, 0.25) is 0 Å². The lowest BCUT2D eigenvalue weighted by atomic mass is 10.1. The number of nitrogens with two attached hydrogens (primary N) is 1. The molecule has 3 aromatic rings. The van der Waals surface area contributed by atoms with Crippen LogP contribution in [0.15, 0.2) is 77.9 Å². The van der Waals surface area contributed by atoms with Gasteiger partial charge in [0.05, 0.1) is 26.5 Å². The van der Waals surface area contributed by atoms with E-state index in [1.54, 1.807) is 25.5 Å². The van der Waals surface area contributed by atoms with Gasteiger partial charge in [-0.2, -0.15) is 5.10 Å². The van der Waals surface area contributed by atoms with E-state index in [0.29, 0.717) is 36.8 Å². The number of hydrogen-bond donors (Lipinski definition) is 1. The first-order valence-electron chi connectivity index (χ1n) is 12.6. The molecular formula is C30H38ClN3O4. The van der Waals surface area contributed by atoms with Crippen LogP contribution in [-0.4, -0.2) is 43.4 Å². The normalized spacial score (nSPS) is 10.7. The summed E-state index contributed by atoms with van der Waals surface area (Å²) < 4.78 is 17.3. The van der Waals surface area contributed by atoms with Crippen LogP contribution in [0.25, 0.3) is 0 Å². The summed E-state index contributed by atoms with van der Waals surface area (Å²) in [5.74, 6) is 7.14. The number of rotatable bonds is 14. The van der Waals surface area contributed by atoms with Gasteiger partial charge in [0.1, 0.15) is 5.75 Å². The van der Waals surface area contributed by atoms with Crippen LogP contribution >= 0.6 is 12.4 Å². The number of halogens is 1. The Bertz CT molecular complexity index is 1140. The Kier molecular flexibility index (Phi) is 13.0. The molecule has 0 unspecified atom stereocenters. The molecule has 0 spiro atoms. The first kappa shape index (κ1) is 30.5. The fourth-order valence-electron chi connectivity index (χ4n) is 3.84. The highest BCUT2D eigenvalue weighted by atomic mass is 35.5. The van der Waals surface area contributed by atoms with Crippen LogP contribution in [0.4, 0.5) is 0 Å². The van der Waals surface area contributed by atoms with Gasteiger partial charge in [0.15, 0.2) is 11.5 Å². The number of methoxy groups -OCH3 is 1. The number of benzene rings is 3. The summed E-state index contributed by atoms with van der Waals surface area (Å²) in [6, 6.07) is 23.1. The smallest absolute Gasteiger partial charge is 0.254 e. The molecule has 3 aromatic carbocycles. The van der Waals surface area contributed by atoms with E-state index in [1.807, 2.05) is 79.4 Å². The largest absolute Gasteiger partial charge is 0.494 e. The zero-order valence-corrected chi connectivity index (χ0v) is 23.2. The summed E-state index contributed by atoms with van der Waals surface area (Å²) in [4.78, 5) is 15.1. The van der Waals surface area contributed by atoms with E-state index in [4.69, 9.17) is 20.1 Å². The molecule has 0 radical (unpaired) electrons. The Morgan fingerprint density at radius 1 is 0.921 bits per heavy atom. The van der Waals surface area contributed by atoms with Gasteiger partial charge < -0.3 is 25.0 Å². The Labute approximate surface area is 232 Å². The monoisotopic (exact) mass is 539 g/mol. The van der Waals surface area contributed by atoms with Gasteiger partial charge in [-0.05, 0) is 86.7 Å². The summed E-state index contributed by atoms with van der Waals surface area (Å²) in [6.45, 7) is 5.79. The number of carbonyl (C=O) groups excluding carboxylic acids is 1. The number of ether oxygens (including phenoxy) is 3. The minimum Gasteiger partial charge on any atom is -0.494 e. The molecule has 0 bridgehead atoms. The SMILES string of the molecule is COc1cc(C(=O)N(Cc2ccccc2)C(C)C)ccc1OCCCCCOc1ccc(C=NN)cc1.Cl. The lowest BCUT2D eigenvalue weighted by molar-refractivity contribution is 0.0690. The fourth-order valence-corrected chi connectivity index (χ4v) is 3.84. The maximum atomic E-state index is 13.3. The molecule has 1 amide bonds. The number of carbonyl (C=O) groups is 1. The van der Waals surface area contributed by atoms with Crippen molar-refractivity contribution in [3.8, 4) is 17.2 Å². The molecule has 0 saturated heterocycles. The van der Waals surface area contributed by atoms with Crippen LogP contribution in [-0.2, 0) is 6.54 Å². The van der Waals surface area contributed by atoms with E-state index < -0.39 is 0 Å². The number of hydrazone groups is 1. The molecular weight excluding hydrogens is 502 g/mol. The topological polar surface area (TPSA) is 86.4 Å². The van der Waals surface area contributed by atoms with Crippen LogP contribution in [0.3, 0.4) is 0 Å². The molecule has 0 saturated carbocycles. The third kappa shape index (κ3) is 9.30. The van der Waals surface area contributed by atoms with Gasteiger partial charge in [-0.25, -0.2) is 0 Å². The van der Waals surface area contributed by atoms with Crippen LogP contribution in [0.1, 0.15) is 54.6 Å². The second-order valence-corrected chi connectivity index (χ2v) is 8.98. The highest BCUT2D eigenvalue weighted by molar-refractivity contribution is 5.95. The summed E-state index contributed by atoms with van der Waals surface area (Å²) in [6.07, 6.45) is 4.37. The van der Waals surface area contributed by atoms with Crippen molar-refractivity contribution in [2.24, 2.45) is 10.9 Å². The maximum absolute atomic E-state index is 13.3. The van der Waals surface area contributed by atoms with Gasteiger partial charge in [-0.1, -0.05) is 30.3 Å². The Balaban J connectivity index is 0.00000507. The van der Waals surface area contributed by atoms with Crippen molar-refractivity contribution >= 4 is 24.5 Å². The van der Waals surface area contributed by atoms with Gasteiger partial charge in [-0.3, -0.25) is 4.79 Å². The molecule has 7 nitrogen and oxygen atoms in total. The molecule has 0 aromatic heterocycles. The predicted molar refractivity (Wildman–Crippen MR) is 155 cm³/mol. The standard InChI is InChI=1S/C30H37N3O4.ClH/c1-23(2)33(22-25-10-6-4-7-11-25)30(34)26-14-17-28(29(20-26)35-3)37-19-9-5-8-18-36-27-15-12-24(13-16-27)21-32-31;/h4,6-7,10-17,20-21,23H,5,8-9,18-19,22,31H2,1-3H3;1H. The fraction of sp³-hybridized carbons (Fsp3) is 0.333. The highest BCUT2D eigenvalue weighted by Crippen LogP contribution is 2.29. The molecule has 8 heteroatoms. The van der Waals surface area contributed by atoms with Gasteiger partial charge >= 0.3 is 0 Å². The second-order valence-electron chi connectivity index (χ2n) is 8.98. The van der Waals surface area contributed by atoms with Crippen molar-refractivity contribution < 1.29 is 19.0 Å². The summed E-state index contributed by atoms with van der Waals surface area (Å²) in [7, 11) is 1.59. The van der Waals surface area contributed by atoms with Crippen molar-refractivity contribution in [3.63, 3.8) is 0 Å². The quantitative estimate of drug-likeness (QED) is 0.116. The molecule has 3 rings (SSSR count). The minimum atomic E-state index is -0.0362. The Hall–Kier alpha value is -3.71. The molecule has 38 heavy (non-hydrogen) atoms. The molecule has 0 aliphatic heterocycles. The summed E-state index contributed by atoms with van der Waals surface area (Å²) in [5.41, 5.74) is 2.61. The van der Waals surface area contributed by atoms with Gasteiger partial charge in [0.25, 0.3) is 5.91 Å². The van der Waals surface area contributed by atoms with Crippen molar-refractivity contribution in [1.82, 2.24) is 4.90 Å². The average Bonchev–Trinajstić information content (AvgIpc) is 2.92. The molecule has 0 fully saturated rings. The first-order valence-corrected chi connectivity index (χ1v) is 12.6. The zero-order chi connectivity index (χ0) is 26.5. The van der Waals surface area contributed by atoms with Gasteiger partial charge in [0.2, 0.25) is 0 Å². The molecule has 2 N–H and O–H groups in total. The van der Waals surface area contributed by atoms with E-state index in [9.17, 15) is 4.79 Å². The molecule has 0 atom stereocenters. The van der Waals surface area contributed by atoms with E-state index >= 15 is 0 Å². The zero-order valence-electron chi connectivity index (χ0n) is 22.3.